The third-order valence-electron chi connectivity index (χ3n) is 2.55. The molecule has 88 valence electrons. The maximum Gasteiger partial charge on any atom is 0.328 e. The highest BCUT2D eigenvalue weighted by molar-refractivity contribution is 4.87. The Kier molecular flexibility index (Phi) is 3.19. The van der Waals surface area contributed by atoms with E-state index in [1.165, 1.54) is 17.4 Å². The Hall–Kier alpha value is -1.43. The molecule has 1 aliphatic carbocycles. The molecule has 1 aromatic heterocycles. The zero-order valence-electron chi connectivity index (χ0n) is 8.83. The smallest absolute Gasteiger partial charge is 0.314 e. The predicted molar refractivity (Wildman–Crippen MR) is 56.9 cm³/mol. The van der Waals surface area contributed by atoms with Gasteiger partial charge in [0.25, 0.3) is 5.56 Å². The van der Waals surface area contributed by atoms with Crippen molar-refractivity contribution in [3.05, 3.63) is 32.9 Å². The third-order valence-corrected chi connectivity index (χ3v) is 2.55. The minimum absolute atomic E-state index is 0.409. The summed E-state index contributed by atoms with van der Waals surface area (Å²) < 4.78 is 14.1. The van der Waals surface area contributed by atoms with Crippen molar-refractivity contribution in [2.24, 2.45) is 0 Å². The summed E-state index contributed by atoms with van der Waals surface area (Å²) in [4.78, 5) is 23.9. The number of nitrogens with one attached hydrogen (secondary N) is 2. The lowest BCUT2D eigenvalue weighted by molar-refractivity contribution is 0.523. The molecule has 6 heteroatoms. The van der Waals surface area contributed by atoms with Crippen molar-refractivity contribution in [1.29, 1.82) is 0 Å². The first-order valence-electron chi connectivity index (χ1n) is 5.39. The number of hydrogen-bond acceptors (Lipinski definition) is 3. The largest absolute Gasteiger partial charge is 0.328 e. The van der Waals surface area contributed by atoms with Crippen LogP contribution in [0, 0.1) is 5.82 Å². The second-order valence-corrected chi connectivity index (χ2v) is 4.01. The third kappa shape index (κ3) is 2.79. The van der Waals surface area contributed by atoms with Gasteiger partial charge in [-0.05, 0) is 25.8 Å². The fraction of sp³-hybridized carbons (Fsp3) is 0.600. The zero-order chi connectivity index (χ0) is 11.5. The number of H-pyrrole nitrogens is 1. The second-order valence-electron chi connectivity index (χ2n) is 4.01. The molecular formula is C10H14FN3O2. The highest BCUT2D eigenvalue weighted by Gasteiger charge is 2.19. The molecular weight excluding hydrogens is 213 g/mol. The molecule has 0 radical (unpaired) electrons. The molecule has 2 N–H and O–H groups in total. The maximum absolute atomic E-state index is 12.9. The van der Waals surface area contributed by atoms with Crippen molar-refractivity contribution < 1.29 is 4.39 Å². The molecule has 0 saturated heterocycles. The Morgan fingerprint density at radius 1 is 1.50 bits per heavy atom. The van der Waals surface area contributed by atoms with Crippen molar-refractivity contribution >= 4 is 0 Å². The molecule has 0 unspecified atom stereocenters. The van der Waals surface area contributed by atoms with Crippen LogP contribution in [0.5, 0.6) is 0 Å². The van der Waals surface area contributed by atoms with Gasteiger partial charge in [0.1, 0.15) is 0 Å². The van der Waals surface area contributed by atoms with E-state index in [2.05, 4.69) is 5.32 Å². The molecule has 5 nitrogen and oxygen atoms in total. The van der Waals surface area contributed by atoms with Crippen LogP contribution in [0.3, 0.4) is 0 Å². The SMILES string of the molecule is O=c1[nH]c(=O)n(CCCNC2CC2)cc1F. The molecule has 0 spiro atoms. The van der Waals surface area contributed by atoms with Crippen LogP contribution in [0.15, 0.2) is 15.8 Å². The summed E-state index contributed by atoms with van der Waals surface area (Å²) in [6.07, 6.45) is 4.13. The van der Waals surface area contributed by atoms with Crippen LogP contribution in [0.4, 0.5) is 4.39 Å². The average Bonchev–Trinajstić information content (AvgIpc) is 3.04. The summed E-state index contributed by atoms with van der Waals surface area (Å²) in [5.41, 5.74) is -1.52. The summed E-state index contributed by atoms with van der Waals surface area (Å²) in [6, 6.07) is 0.629. The monoisotopic (exact) mass is 227 g/mol. The topological polar surface area (TPSA) is 66.9 Å². The number of halogens is 1. The highest BCUT2D eigenvalue weighted by atomic mass is 19.1. The van der Waals surface area contributed by atoms with E-state index in [1.54, 1.807) is 0 Å². The Labute approximate surface area is 91.3 Å². The lowest BCUT2D eigenvalue weighted by Gasteiger charge is -2.05. The standard InChI is InChI=1S/C10H14FN3O2/c11-8-6-14(10(16)13-9(8)15)5-1-4-12-7-2-3-7/h6-7,12H,1-5H2,(H,13,15,16). The number of hydrogen-bond donors (Lipinski definition) is 2. The molecule has 0 aromatic carbocycles. The van der Waals surface area contributed by atoms with E-state index in [4.69, 9.17) is 0 Å². The van der Waals surface area contributed by atoms with Crippen LogP contribution in [0.2, 0.25) is 0 Å². The lowest BCUT2D eigenvalue weighted by atomic mass is 10.4. The summed E-state index contributed by atoms with van der Waals surface area (Å²) in [6.45, 7) is 1.21. The van der Waals surface area contributed by atoms with Gasteiger partial charge in [-0.3, -0.25) is 14.3 Å². The quantitative estimate of drug-likeness (QED) is 0.686. The Morgan fingerprint density at radius 3 is 2.94 bits per heavy atom. The molecule has 1 aromatic rings. The normalized spacial score (nSPS) is 15.3. The maximum atomic E-state index is 12.9. The van der Waals surface area contributed by atoms with E-state index in [0.717, 1.165) is 19.2 Å². The number of rotatable bonds is 5. The minimum Gasteiger partial charge on any atom is -0.314 e. The predicted octanol–water partition coefficient (Wildman–Crippen LogP) is -0.182. The molecule has 0 amide bonds. The van der Waals surface area contributed by atoms with Crippen molar-refractivity contribution in [3.63, 3.8) is 0 Å². The molecule has 1 fully saturated rings. The van der Waals surface area contributed by atoms with Crippen molar-refractivity contribution in [1.82, 2.24) is 14.9 Å². The van der Waals surface area contributed by atoms with Gasteiger partial charge in [-0.15, -0.1) is 0 Å². The van der Waals surface area contributed by atoms with E-state index in [0.29, 0.717) is 12.6 Å². The van der Waals surface area contributed by atoms with E-state index in [9.17, 15) is 14.0 Å². The van der Waals surface area contributed by atoms with Crippen LogP contribution in [0.1, 0.15) is 19.3 Å². The van der Waals surface area contributed by atoms with E-state index in [-0.39, 0.29) is 0 Å². The van der Waals surface area contributed by atoms with Gasteiger partial charge in [-0.25, -0.2) is 4.79 Å². The first kappa shape index (κ1) is 11.1. The van der Waals surface area contributed by atoms with Crippen molar-refractivity contribution in [2.45, 2.75) is 31.8 Å². The van der Waals surface area contributed by atoms with Gasteiger partial charge >= 0.3 is 5.69 Å². The second kappa shape index (κ2) is 4.61. The van der Waals surface area contributed by atoms with E-state index >= 15 is 0 Å². The summed E-state index contributed by atoms with van der Waals surface area (Å²) >= 11 is 0. The zero-order valence-corrected chi connectivity index (χ0v) is 8.83. The van der Waals surface area contributed by atoms with E-state index in [1.807, 2.05) is 4.98 Å². The highest BCUT2D eigenvalue weighted by Crippen LogP contribution is 2.18. The van der Waals surface area contributed by atoms with Gasteiger partial charge < -0.3 is 5.32 Å². The van der Waals surface area contributed by atoms with Crippen molar-refractivity contribution in [3.8, 4) is 0 Å². The van der Waals surface area contributed by atoms with Crippen molar-refractivity contribution in [2.75, 3.05) is 6.54 Å². The Balaban J connectivity index is 1.90. The molecule has 1 saturated carbocycles. The molecule has 0 bridgehead atoms. The fourth-order valence-corrected chi connectivity index (χ4v) is 1.49. The van der Waals surface area contributed by atoms with Crippen LogP contribution >= 0.6 is 0 Å². The van der Waals surface area contributed by atoms with Crippen LogP contribution in [-0.4, -0.2) is 22.1 Å². The van der Waals surface area contributed by atoms with Crippen LogP contribution in [0.25, 0.3) is 0 Å². The van der Waals surface area contributed by atoms with Gasteiger partial charge in [0, 0.05) is 12.6 Å². The molecule has 0 aliphatic heterocycles. The van der Waals surface area contributed by atoms with Crippen LogP contribution < -0.4 is 16.6 Å². The first-order chi connectivity index (χ1) is 7.66. The van der Waals surface area contributed by atoms with Crippen LogP contribution in [-0.2, 0) is 6.54 Å². The van der Waals surface area contributed by atoms with E-state index < -0.39 is 17.1 Å². The van der Waals surface area contributed by atoms with Gasteiger partial charge in [0.05, 0.1) is 6.20 Å². The summed E-state index contributed by atoms with van der Waals surface area (Å²) in [7, 11) is 0. The molecule has 16 heavy (non-hydrogen) atoms. The van der Waals surface area contributed by atoms with Gasteiger partial charge in [0.2, 0.25) is 5.82 Å². The Morgan fingerprint density at radius 2 is 2.25 bits per heavy atom. The molecule has 2 rings (SSSR count). The average molecular weight is 227 g/mol. The first-order valence-corrected chi connectivity index (χ1v) is 5.39. The van der Waals surface area contributed by atoms with Gasteiger partial charge in [-0.2, -0.15) is 4.39 Å². The number of aryl methyl sites for hydroxylation is 1. The minimum atomic E-state index is -0.961. The van der Waals surface area contributed by atoms with Gasteiger partial charge in [-0.1, -0.05) is 0 Å². The Bertz CT molecular complexity index is 476. The molecule has 1 heterocycles. The molecule has 1 aliphatic rings. The molecule has 0 atom stereocenters. The number of aromatic nitrogens is 2. The summed E-state index contributed by atoms with van der Waals surface area (Å²) in [5.74, 6) is -0.922. The number of aromatic amines is 1. The van der Waals surface area contributed by atoms with Gasteiger partial charge in [0.15, 0.2) is 0 Å². The summed E-state index contributed by atoms with van der Waals surface area (Å²) in [5, 5.41) is 3.29. The number of nitrogens with zero attached hydrogens (tertiary/aromatic N) is 1. The fourth-order valence-electron chi connectivity index (χ4n) is 1.49. The lowest BCUT2D eigenvalue weighted by Crippen LogP contribution is -2.32.